The lowest BCUT2D eigenvalue weighted by atomic mass is 9.96. The molecule has 0 N–H and O–H groups in total. The predicted molar refractivity (Wildman–Crippen MR) is 99.9 cm³/mol. The molecule has 0 aliphatic rings. The summed E-state index contributed by atoms with van der Waals surface area (Å²) in [5.41, 5.74) is 7.21. The van der Waals surface area contributed by atoms with Crippen molar-refractivity contribution in [3.8, 4) is 33.8 Å². The van der Waals surface area contributed by atoms with E-state index < -0.39 is 0 Å². The van der Waals surface area contributed by atoms with Crippen LogP contribution in [0.2, 0.25) is 0 Å². The van der Waals surface area contributed by atoms with Crippen LogP contribution >= 0.6 is 0 Å². The molecule has 0 bridgehead atoms. The summed E-state index contributed by atoms with van der Waals surface area (Å²) in [5.74, 6) is 1.81. The molecule has 0 spiro atoms. The summed E-state index contributed by atoms with van der Waals surface area (Å²) in [5, 5.41) is 0. The fourth-order valence-corrected chi connectivity index (χ4v) is 2.95. The van der Waals surface area contributed by atoms with Gasteiger partial charge in [-0.3, -0.25) is 0 Å². The molecule has 0 fully saturated rings. The summed E-state index contributed by atoms with van der Waals surface area (Å²) in [4.78, 5) is 0. The number of ether oxygens (including phenoxy) is 2. The van der Waals surface area contributed by atoms with Crippen LogP contribution in [0, 0.1) is 13.8 Å². The second kappa shape index (κ2) is 6.79. The van der Waals surface area contributed by atoms with Crippen LogP contribution in [0.4, 0.5) is 0 Å². The van der Waals surface area contributed by atoms with Crippen molar-refractivity contribution in [1.82, 2.24) is 0 Å². The van der Waals surface area contributed by atoms with Crippen LogP contribution in [0.1, 0.15) is 11.1 Å². The monoisotopic (exact) mass is 318 g/mol. The smallest absolute Gasteiger partial charge is 0.122 e. The van der Waals surface area contributed by atoms with Gasteiger partial charge in [0.2, 0.25) is 0 Å². The highest BCUT2D eigenvalue weighted by molar-refractivity contribution is 5.73. The van der Waals surface area contributed by atoms with Gasteiger partial charge in [0.15, 0.2) is 0 Å². The Kier molecular flexibility index (Phi) is 4.57. The number of aryl methyl sites for hydroxylation is 2. The topological polar surface area (TPSA) is 18.5 Å². The molecule has 0 aliphatic carbocycles. The molecule has 122 valence electrons. The maximum Gasteiger partial charge on any atom is 0.122 e. The molecule has 3 rings (SSSR count). The molecule has 0 saturated heterocycles. The first-order valence-electron chi connectivity index (χ1n) is 8.02. The van der Waals surface area contributed by atoms with Gasteiger partial charge in [-0.15, -0.1) is 0 Å². The molecule has 0 atom stereocenters. The van der Waals surface area contributed by atoms with Gasteiger partial charge in [0, 0.05) is 0 Å². The first-order chi connectivity index (χ1) is 11.6. The van der Waals surface area contributed by atoms with Gasteiger partial charge in [-0.25, -0.2) is 0 Å². The van der Waals surface area contributed by atoms with E-state index in [0.29, 0.717) is 0 Å². The Morgan fingerprint density at radius 3 is 1.67 bits per heavy atom. The standard InChI is InChI=1S/C22H22O2/c1-15-14-22(24-4)16(2)13-21(15)19-7-5-17(6-8-19)18-9-11-20(23-3)12-10-18/h5-14H,1-4H3. The Morgan fingerprint density at radius 1 is 0.583 bits per heavy atom. The maximum absolute atomic E-state index is 5.40. The van der Waals surface area contributed by atoms with E-state index >= 15 is 0 Å². The van der Waals surface area contributed by atoms with E-state index in [2.05, 4.69) is 62.4 Å². The largest absolute Gasteiger partial charge is 0.497 e. The van der Waals surface area contributed by atoms with Crippen molar-refractivity contribution in [3.63, 3.8) is 0 Å². The lowest BCUT2D eigenvalue weighted by Crippen LogP contribution is -1.91. The van der Waals surface area contributed by atoms with E-state index in [1.807, 2.05) is 12.1 Å². The average molecular weight is 318 g/mol. The minimum atomic E-state index is 0.875. The summed E-state index contributed by atoms with van der Waals surface area (Å²) in [7, 11) is 3.40. The van der Waals surface area contributed by atoms with Crippen molar-refractivity contribution in [3.05, 3.63) is 71.8 Å². The van der Waals surface area contributed by atoms with Crippen LogP contribution in [-0.2, 0) is 0 Å². The summed E-state index contributed by atoms with van der Waals surface area (Å²) in [6, 6.07) is 21.1. The van der Waals surface area contributed by atoms with E-state index in [4.69, 9.17) is 9.47 Å². The number of rotatable bonds is 4. The van der Waals surface area contributed by atoms with Crippen molar-refractivity contribution in [2.75, 3.05) is 14.2 Å². The van der Waals surface area contributed by atoms with Gasteiger partial charge in [0.1, 0.15) is 11.5 Å². The van der Waals surface area contributed by atoms with Crippen LogP contribution in [0.25, 0.3) is 22.3 Å². The number of benzene rings is 3. The number of hydrogen-bond donors (Lipinski definition) is 0. The third kappa shape index (κ3) is 3.13. The predicted octanol–water partition coefficient (Wildman–Crippen LogP) is 5.65. The lowest BCUT2D eigenvalue weighted by Gasteiger charge is -2.12. The Balaban J connectivity index is 1.93. The zero-order chi connectivity index (χ0) is 17.1. The van der Waals surface area contributed by atoms with Gasteiger partial charge < -0.3 is 9.47 Å². The van der Waals surface area contributed by atoms with Crippen molar-refractivity contribution in [1.29, 1.82) is 0 Å². The molecule has 0 radical (unpaired) electrons. The molecule has 3 aromatic carbocycles. The summed E-state index contributed by atoms with van der Waals surface area (Å²) in [6.45, 7) is 4.20. The number of hydrogen-bond acceptors (Lipinski definition) is 2. The summed E-state index contributed by atoms with van der Waals surface area (Å²) in [6.07, 6.45) is 0. The van der Waals surface area contributed by atoms with Crippen LogP contribution in [0.15, 0.2) is 60.7 Å². The minimum Gasteiger partial charge on any atom is -0.497 e. The second-order valence-corrected chi connectivity index (χ2v) is 5.94. The first kappa shape index (κ1) is 16.1. The Labute approximate surface area is 143 Å². The molecule has 0 amide bonds. The molecule has 2 heteroatoms. The highest BCUT2D eigenvalue weighted by atomic mass is 16.5. The Morgan fingerprint density at radius 2 is 1.12 bits per heavy atom. The normalized spacial score (nSPS) is 10.5. The van der Waals surface area contributed by atoms with Crippen LogP contribution < -0.4 is 9.47 Å². The van der Waals surface area contributed by atoms with Crippen molar-refractivity contribution < 1.29 is 9.47 Å². The molecule has 3 aromatic rings. The molecular formula is C22H22O2. The van der Waals surface area contributed by atoms with Gasteiger partial charge in [-0.1, -0.05) is 36.4 Å². The van der Waals surface area contributed by atoms with Gasteiger partial charge >= 0.3 is 0 Å². The molecule has 0 saturated carbocycles. The third-order valence-corrected chi connectivity index (χ3v) is 4.36. The first-order valence-corrected chi connectivity index (χ1v) is 8.02. The minimum absolute atomic E-state index is 0.875. The van der Waals surface area contributed by atoms with E-state index in [1.54, 1.807) is 14.2 Å². The second-order valence-electron chi connectivity index (χ2n) is 5.94. The quantitative estimate of drug-likeness (QED) is 0.618. The van der Waals surface area contributed by atoms with Crippen molar-refractivity contribution in [2.24, 2.45) is 0 Å². The third-order valence-electron chi connectivity index (χ3n) is 4.36. The molecular weight excluding hydrogens is 296 g/mol. The zero-order valence-electron chi connectivity index (χ0n) is 14.6. The van der Waals surface area contributed by atoms with Crippen LogP contribution in [-0.4, -0.2) is 14.2 Å². The van der Waals surface area contributed by atoms with E-state index in [-0.39, 0.29) is 0 Å². The highest BCUT2D eigenvalue weighted by Crippen LogP contribution is 2.31. The fraction of sp³-hybridized carbons (Fsp3) is 0.182. The number of methoxy groups -OCH3 is 2. The zero-order valence-corrected chi connectivity index (χ0v) is 14.6. The van der Waals surface area contributed by atoms with Crippen LogP contribution in [0.5, 0.6) is 11.5 Å². The molecule has 24 heavy (non-hydrogen) atoms. The van der Waals surface area contributed by atoms with E-state index in [1.165, 1.54) is 27.8 Å². The molecule has 0 unspecified atom stereocenters. The summed E-state index contributed by atoms with van der Waals surface area (Å²) >= 11 is 0. The molecule has 0 heterocycles. The van der Waals surface area contributed by atoms with Gasteiger partial charge in [-0.05, 0) is 71.5 Å². The maximum atomic E-state index is 5.40. The van der Waals surface area contributed by atoms with Crippen LogP contribution in [0.3, 0.4) is 0 Å². The van der Waals surface area contributed by atoms with E-state index in [0.717, 1.165) is 17.1 Å². The molecule has 0 aromatic heterocycles. The molecule has 2 nitrogen and oxygen atoms in total. The van der Waals surface area contributed by atoms with Gasteiger partial charge in [0.25, 0.3) is 0 Å². The van der Waals surface area contributed by atoms with E-state index in [9.17, 15) is 0 Å². The van der Waals surface area contributed by atoms with Crippen molar-refractivity contribution >= 4 is 0 Å². The van der Waals surface area contributed by atoms with Gasteiger partial charge in [0.05, 0.1) is 14.2 Å². The molecule has 0 aliphatic heterocycles. The van der Waals surface area contributed by atoms with Crippen molar-refractivity contribution in [2.45, 2.75) is 13.8 Å². The van der Waals surface area contributed by atoms with Gasteiger partial charge in [-0.2, -0.15) is 0 Å². The average Bonchev–Trinajstić information content (AvgIpc) is 2.63. The lowest BCUT2D eigenvalue weighted by molar-refractivity contribution is 0.411. The SMILES string of the molecule is COc1ccc(-c2ccc(-c3cc(C)c(OC)cc3C)cc2)cc1. The fourth-order valence-electron chi connectivity index (χ4n) is 2.95. The Hall–Kier alpha value is -2.74. The highest BCUT2D eigenvalue weighted by Gasteiger charge is 2.07. The summed E-state index contributed by atoms with van der Waals surface area (Å²) < 4.78 is 10.6. The Bertz CT molecular complexity index is 831.